The van der Waals surface area contributed by atoms with Crippen LogP contribution in [-0.2, 0) is 4.79 Å². The Morgan fingerprint density at radius 3 is 2.50 bits per heavy atom. The van der Waals surface area contributed by atoms with E-state index in [2.05, 4.69) is 10.6 Å². The van der Waals surface area contributed by atoms with Gasteiger partial charge in [-0.15, -0.1) is 0 Å². The number of anilines is 2. The second-order valence-electron chi connectivity index (χ2n) is 8.23. The van der Waals surface area contributed by atoms with E-state index in [0.29, 0.717) is 19.4 Å². The van der Waals surface area contributed by atoms with E-state index in [1.807, 2.05) is 55.5 Å². The number of nitrogens with one attached hydrogen (secondary N) is 2. The Hall–Kier alpha value is -3.60. The highest BCUT2D eigenvalue weighted by Gasteiger charge is 2.36. The number of para-hydroxylation sites is 2. The molecule has 2 aliphatic rings. The number of halogens is 1. The fourth-order valence-electron chi connectivity index (χ4n) is 4.66. The molecule has 0 saturated heterocycles. The molecule has 2 N–H and O–H groups in total. The number of hydrogen-bond donors (Lipinski definition) is 2. The molecule has 0 radical (unpaired) electrons. The van der Waals surface area contributed by atoms with Crippen molar-refractivity contribution < 1.29 is 13.9 Å². The molecule has 162 valence electrons. The van der Waals surface area contributed by atoms with E-state index in [1.165, 1.54) is 12.1 Å². The molecular formula is C27H25FN2O2. The molecule has 32 heavy (non-hydrogen) atoms. The number of rotatable bonds is 4. The maximum Gasteiger partial charge on any atom is 0.163 e. The van der Waals surface area contributed by atoms with Crippen LogP contribution in [0.5, 0.6) is 5.75 Å². The Morgan fingerprint density at radius 2 is 1.72 bits per heavy atom. The number of hydrogen-bond acceptors (Lipinski definition) is 4. The topological polar surface area (TPSA) is 50.4 Å². The number of Topliss-reactive ketones (excluding diaryl/α,β-unsaturated/α-hetero) is 1. The van der Waals surface area contributed by atoms with E-state index < -0.39 is 0 Å². The third kappa shape index (κ3) is 3.86. The number of ketones is 1. The smallest absolute Gasteiger partial charge is 0.163 e. The van der Waals surface area contributed by atoms with Crippen LogP contribution in [0.2, 0.25) is 0 Å². The molecule has 4 nitrogen and oxygen atoms in total. The molecule has 0 saturated carbocycles. The summed E-state index contributed by atoms with van der Waals surface area (Å²) in [6.45, 7) is 2.54. The minimum Gasteiger partial charge on any atom is -0.494 e. The van der Waals surface area contributed by atoms with Crippen LogP contribution in [0.1, 0.15) is 42.9 Å². The van der Waals surface area contributed by atoms with Crippen LogP contribution < -0.4 is 15.4 Å². The van der Waals surface area contributed by atoms with Gasteiger partial charge in [-0.2, -0.15) is 0 Å². The van der Waals surface area contributed by atoms with E-state index in [1.54, 1.807) is 12.1 Å². The van der Waals surface area contributed by atoms with Crippen molar-refractivity contribution in [2.75, 3.05) is 17.2 Å². The normalized spacial score (nSPS) is 19.9. The first-order valence-electron chi connectivity index (χ1n) is 11.0. The average Bonchev–Trinajstić information content (AvgIpc) is 2.97. The fourth-order valence-corrected chi connectivity index (χ4v) is 4.66. The summed E-state index contributed by atoms with van der Waals surface area (Å²) in [5, 5.41) is 7.12. The Bertz CT molecular complexity index is 1190. The lowest BCUT2D eigenvalue weighted by Crippen LogP contribution is -2.26. The van der Waals surface area contributed by atoms with Crippen LogP contribution in [0, 0.1) is 5.82 Å². The predicted octanol–water partition coefficient (Wildman–Crippen LogP) is 6.20. The fraction of sp³-hybridized carbons (Fsp3) is 0.222. The number of benzene rings is 3. The molecule has 0 aromatic heterocycles. The maximum absolute atomic E-state index is 13.5. The zero-order valence-corrected chi connectivity index (χ0v) is 17.9. The lowest BCUT2D eigenvalue weighted by molar-refractivity contribution is -0.116. The van der Waals surface area contributed by atoms with Crippen molar-refractivity contribution in [1.29, 1.82) is 0 Å². The van der Waals surface area contributed by atoms with Gasteiger partial charge < -0.3 is 15.4 Å². The lowest BCUT2D eigenvalue weighted by Gasteiger charge is -2.30. The Kier molecular flexibility index (Phi) is 5.39. The van der Waals surface area contributed by atoms with Crippen molar-refractivity contribution in [2.45, 2.75) is 31.7 Å². The van der Waals surface area contributed by atoms with Gasteiger partial charge in [0.15, 0.2) is 5.78 Å². The number of ether oxygens (including phenoxy) is 1. The quantitative estimate of drug-likeness (QED) is 0.519. The molecule has 0 fully saturated rings. The van der Waals surface area contributed by atoms with Crippen molar-refractivity contribution in [3.05, 3.63) is 101 Å². The number of carbonyl (C=O) groups is 1. The highest BCUT2D eigenvalue weighted by molar-refractivity contribution is 6.01. The molecule has 1 aliphatic carbocycles. The number of allylic oxidation sites excluding steroid dienone is 1. The highest BCUT2D eigenvalue weighted by Crippen LogP contribution is 2.44. The van der Waals surface area contributed by atoms with E-state index in [-0.39, 0.29) is 23.6 Å². The predicted molar refractivity (Wildman–Crippen MR) is 124 cm³/mol. The summed E-state index contributed by atoms with van der Waals surface area (Å²) in [4.78, 5) is 13.5. The Labute approximate surface area is 187 Å². The van der Waals surface area contributed by atoms with Crippen molar-refractivity contribution >= 4 is 17.2 Å². The summed E-state index contributed by atoms with van der Waals surface area (Å²) in [5.74, 6) is 0.623. The number of fused-ring (bicyclic) bond motifs is 1. The van der Waals surface area contributed by atoms with Crippen molar-refractivity contribution in [2.24, 2.45) is 0 Å². The van der Waals surface area contributed by atoms with Crippen LogP contribution in [0.3, 0.4) is 0 Å². The van der Waals surface area contributed by atoms with E-state index in [4.69, 9.17) is 4.74 Å². The molecule has 3 aromatic rings. The first-order valence-corrected chi connectivity index (χ1v) is 11.0. The minimum absolute atomic E-state index is 0.00928. The van der Waals surface area contributed by atoms with Crippen LogP contribution >= 0.6 is 0 Å². The Morgan fingerprint density at radius 1 is 0.938 bits per heavy atom. The largest absolute Gasteiger partial charge is 0.494 e. The maximum atomic E-state index is 13.5. The second kappa shape index (κ2) is 8.50. The van der Waals surface area contributed by atoms with Crippen LogP contribution in [0.25, 0.3) is 0 Å². The summed E-state index contributed by atoms with van der Waals surface area (Å²) in [6.07, 6.45) is 1.08. The van der Waals surface area contributed by atoms with Gasteiger partial charge in [-0.25, -0.2) is 4.39 Å². The van der Waals surface area contributed by atoms with Crippen LogP contribution in [0.4, 0.5) is 15.8 Å². The average molecular weight is 429 g/mol. The van der Waals surface area contributed by atoms with Gasteiger partial charge in [0.1, 0.15) is 11.6 Å². The first-order chi connectivity index (χ1) is 15.6. The van der Waals surface area contributed by atoms with Crippen LogP contribution in [0.15, 0.2) is 84.1 Å². The van der Waals surface area contributed by atoms with E-state index in [0.717, 1.165) is 39.5 Å². The summed E-state index contributed by atoms with van der Waals surface area (Å²) in [6, 6.07) is 22.1. The summed E-state index contributed by atoms with van der Waals surface area (Å²) in [7, 11) is 0. The summed E-state index contributed by atoms with van der Waals surface area (Å²) >= 11 is 0. The minimum atomic E-state index is -0.289. The monoisotopic (exact) mass is 428 g/mol. The molecule has 5 rings (SSSR count). The van der Waals surface area contributed by atoms with E-state index in [9.17, 15) is 9.18 Å². The third-order valence-corrected chi connectivity index (χ3v) is 6.15. The van der Waals surface area contributed by atoms with Gasteiger partial charge in [-0.05, 0) is 66.8 Å². The molecule has 0 amide bonds. The molecule has 3 aromatic carbocycles. The molecule has 2 atom stereocenters. The molecule has 0 bridgehead atoms. The molecular weight excluding hydrogens is 403 g/mol. The van der Waals surface area contributed by atoms with Gasteiger partial charge in [-0.3, -0.25) is 4.79 Å². The Balaban J connectivity index is 1.59. The van der Waals surface area contributed by atoms with Gasteiger partial charge in [0, 0.05) is 17.7 Å². The van der Waals surface area contributed by atoms with Crippen molar-refractivity contribution in [3.63, 3.8) is 0 Å². The van der Waals surface area contributed by atoms with Crippen molar-refractivity contribution in [3.8, 4) is 5.75 Å². The van der Waals surface area contributed by atoms with Gasteiger partial charge in [0.05, 0.1) is 24.0 Å². The molecule has 5 heteroatoms. The van der Waals surface area contributed by atoms with Gasteiger partial charge in [-0.1, -0.05) is 36.4 Å². The highest BCUT2D eigenvalue weighted by atomic mass is 19.1. The zero-order valence-electron chi connectivity index (χ0n) is 17.9. The standard InChI is InChI=1S/C27H25FN2O2/c1-2-32-21-7-5-6-18(14-21)27-26-24(29-22-8-3-4-9-23(22)30-27)15-19(16-25(26)31)17-10-12-20(28)13-11-17/h3-14,19,27,29-30H,2,15-16H2,1H3. The molecule has 1 aliphatic heterocycles. The molecule has 2 unspecified atom stereocenters. The SMILES string of the molecule is CCOc1cccc(C2Nc3ccccc3NC3=C2C(=O)CC(c2ccc(F)cc2)C3)c1. The van der Waals surface area contributed by atoms with Crippen molar-refractivity contribution in [1.82, 2.24) is 0 Å². The summed E-state index contributed by atoms with van der Waals surface area (Å²) in [5.41, 5.74) is 5.52. The van der Waals surface area contributed by atoms with Crippen LogP contribution in [-0.4, -0.2) is 12.4 Å². The van der Waals surface area contributed by atoms with Gasteiger partial charge >= 0.3 is 0 Å². The van der Waals surface area contributed by atoms with Gasteiger partial charge in [0.2, 0.25) is 0 Å². The second-order valence-corrected chi connectivity index (χ2v) is 8.23. The lowest BCUT2D eigenvalue weighted by atomic mass is 9.78. The molecule has 1 heterocycles. The zero-order chi connectivity index (χ0) is 22.1. The summed E-state index contributed by atoms with van der Waals surface area (Å²) < 4.78 is 19.1. The first kappa shape index (κ1) is 20.3. The van der Waals surface area contributed by atoms with Gasteiger partial charge in [0.25, 0.3) is 0 Å². The molecule has 0 spiro atoms. The van der Waals surface area contributed by atoms with E-state index >= 15 is 0 Å². The number of carbonyl (C=O) groups excluding carboxylic acids is 1. The third-order valence-electron chi connectivity index (χ3n) is 6.15.